The molecule has 8 bridgehead atoms. The van der Waals surface area contributed by atoms with E-state index in [4.69, 9.17) is 48.2 Å². The fourth-order valence-electron chi connectivity index (χ4n) is 16.0. The highest BCUT2D eigenvalue weighted by Gasteiger charge is 2.66. The molecule has 0 spiro atoms. The van der Waals surface area contributed by atoms with Crippen LogP contribution in [0.4, 0.5) is 0 Å². The molecule has 20 N–H and O–H groups in total. The Bertz CT molecular complexity index is 3420. The Labute approximate surface area is 524 Å². The Kier molecular flexibility index (Phi) is 19.7. The fraction of sp³-hybridized carbons (Fsp3) is 0.645. The van der Waals surface area contributed by atoms with Crippen molar-refractivity contribution in [2.75, 3.05) is 13.2 Å². The summed E-state index contributed by atoms with van der Waals surface area (Å²) in [6, 6.07) is 1.78. The van der Waals surface area contributed by atoms with Crippen LogP contribution in [0.3, 0.4) is 0 Å². The molecule has 1 aromatic heterocycles. The van der Waals surface area contributed by atoms with Gasteiger partial charge in [-0.2, -0.15) is 0 Å². The van der Waals surface area contributed by atoms with Gasteiger partial charge < -0.3 is 85.4 Å². The molecule has 4 fully saturated rings. The number of hydrogen-bond donors (Lipinski definition) is 14. The van der Waals surface area contributed by atoms with E-state index in [1.807, 2.05) is 67.5 Å². The van der Waals surface area contributed by atoms with Gasteiger partial charge in [0.15, 0.2) is 6.23 Å². The third-order valence-electron chi connectivity index (χ3n) is 21.1. The smallest absolute Gasteiger partial charge is 0.394 e. The first-order valence-corrected chi connectivity index (χ1v) is 32.3. The largest absolute Gasteiger partial charge is 0.472 e. The number of fused-ring (bicyclic) bond motifs is 10. The molecule has 1 aromatic carbocycles. The van der Waals surface area contributed by atoms with Gasteiger partial charge in [0.1, 0.15) is 18.3 Å². The molecule has 16 atom stereocenters. The zero-order valence-electron chi connectivity index (χ0n) is 53.5. The number of nitrogens with one attached hydrogen (secondary N) is 5. The lowest BCUT2D eigenvalue weighted by molar-refractivity contribution is -0.123. The molecule has 0 radical (unpaired) electrons. The van der Waals surface area contributed by atoms with Crippen LogP contribution in [0.15, 0.2) is 64.0 Å². The number of nitrogens with two attached hydrogens (primary N) is 6. The van der Waals surface area contributed by atoms with Crippen LogP contribution in [0, 0.1) is 53.3 Å². The van der Waals surface area contributed by atoms with Crippen molar-refractivity contribution in [1.82, 2.24) is 36.1 Å². The quantitative estimate of drug-likeness (QED) is 0.0599. The maximum atomic E-state index is 14.4. The van der Waals surface area contributed by atoms with Crippen molar-refractivity contribution in [3.05, 3.63) is 75.2 Å². The highest BCUT2D eigenvalue weighted by atomic mass is 31.2. The molecule has 28 heteroatoms. The summed E-state index contributed by atoms with van der Waals surface area (Å²) in [6.07, 6.45) is -3.53. The summed E-state index contributed by atoms with van der Waals surface area (Å²) in [5, 5.41) is 40.0. The van der Waals surface area contributed by atoms with Gasteiger partial charge in [-0.1, -0.05) is 34.6 Å². The summed E-state index contributed by atoms with van der Waals surface area (Å²) in [5.74, 6) is -5.78. The van der Waals surface area contributed by atoms with Crippen molar-refractivity contribution in [3.8, 4) is 0 Å². The van der Waals surface area contributed by atoms with Crippen LogP contribution in [0.2, 0.25) is 0 Å². The van der Waals surface area contributed by atoms with E-state index >= 15 is 0 Å². The topological polar surface area (TPSA) is 459 Å². The van der Waals surface area contributed by atoms with Gasteiger partial charge in [-0.05, 0) is 125 Å². The molecular formula is C62H94N13O14P. The lowest BCUT2D eigenvalue weighted by Crippen LogP contribution is -2.64. The van der Waals surface area contributed by atoms with Gasteiger partial charge in [0.2, 0.25) is 41.4 Å². The number of carbonyl (C=O) groups is 7. The van der Waals surface area contributed by atoms with Crippen molar-refractivity contribution in [2.45, 2.75) is 201 Å². The van der Waals surface area contributed by atoms with Crippen LogP contribution in [0.25, 0.3) is 11.0 Å². The summed E-state index contributed by atoms with van der Waals surface area (Å²) < 4.78 is 32.3. The number of allylic oxidation sites excluding steroid dienone is 4. The van der Waals surface area contributed by atoms with E-state index in [0.29, 0.717) is 45.7 Å². The number of hydrogen-bond acceptors (Lipinski definition) is 18. The predicted octanol–water partition coefficient (Wildman–Crippen LogP) is 1.98. The lowest BCUT2D eigenvalue weighted by Gasteiger charge is -2.49. The predicted molar refractivity (Wildman–Crippen MR) is 332 cm³/mol. The van der Waals surface area contributed by atoms with E-state index in [9.17, 15) is 53.2 Å². The average Bonchev–Trinajstić information content (AvgIpc) is 1.53. The zero-order chi connectivity index (χ0) is 66.7. The van der Waals surface area contributed by atoms with Crippen LogP contribution >= 0.6 is 7.82 Å². The number of aromatic nitrogens is 2. The first-order valence-electron chi connectivity index (χ1n) is 30.8. The summed E-state index contributed by atoms with van der Waals surface area (Å²) in [5.41, 5.74) is 38.4. The normalized spacial score (nSPS) is 35.0. The minimum atomic E-state index is -5.06. The van der Waals surface area contributed by atoms with Gasteiger partial charge in [0.25, 0.3) is 0 Å². The van der Waals surface area contributed by atoms with E-state index < -0.39 is 144 Å². The number of aliphatic hydroxyl groups is 2. The number of phosphoric acid groups is 1. The summed E-state index contributed by atoms with van der Waals surface area (Å²) >= 11 is 0. The molecule has 2 aromatic rings. The second kappa shape index (κ2) is 25.7. The molecule has 6 aliphatic heterocycles. The lowest BCUT2D eigenvalue weighted by atomic mass is 9.58. The highest BCUT2D eigenvalue weighted by Crippen LogP contribution is 2.62. The van der Waals surface area contributed by atoms with E-state index in [-0.39, 0.29) is 76.7 Å². The monoisotopic (exact) mass is 1280 g/mol. The first kappa shape index (κ1) is 69.0. The van der Waals surface area contributed by atoms with E-state index in [2.05, 4.69) is 51.5 Å². The van der Waals surface area contributed by atoms with Gasteiger partial charge in [-0.25, -0.2) is 9.55 Å². The summed E-state index contributed by atoms with van der Waals surface area (Å²) in [7, 11) is -5.06. The number of aliphatic hydroxyl groups excluding tert-OH is 2. The second-order valence-electron chi connectivity index (χ2n) is 27.4. The number of imidazole rings is 1. The number of rotatable bonds is 26. The third-order valence-corrected chi connectivity index (χ3v) is 22.3. The molecule has 16 unspecified atom stereocenters. The van der Waals surface area contributed by atoms with Crippen molar-refractivity contribution in [3.63, 3.8) is 0 Å². The Balaban J connectivity index is 1.18. The fourth-order valence-corrected chi connectivity index (χ4v) is 17.2. The number of amides is 7. The van der Waals surface area contributed by atoms with E-state index in [1.54, 1.807) is 4.57 Å². The van der Waals surface area contributed by atoms with Crippen molar-refractivity contribution >= 4 is 60.2 Å². The van der Waals surface area contributed by atoms with Crippen LogP contribution in [0.1, 0.15) is 150 Å². The van der Waals surface area contributed by atoms with E-state index in [0.717, 1.165) is 22.4 Å². The second-order valence-corrected chi connectivity index (χ2v) is 28.8. The zero-order valence-corrected chi connectivity index (χ0v) is 54.4. The van der Waals surface area contributed by atoms with Crippen LogP contribution < -0.4 is 61.0 Å². The molecule has 7 amide bonds. The number of benzene rings is 1. The minimum Gasteiger partial charge on any atom is -0.394 e. The van der Waals surface area contributed by atoms with Gasteiger partial charge in [-0.3, -0.25) is 42.6 Å². The molecular weight excluding hydrogens is 1180 g/mol. The molecule has 0 saturated carbocycles. The third kappa shape index (κ3) is 13.0. The van der Waals surface area contributed by atoms with E-state index in [1.165, 1.54) is 13.3 Å². The number of nitrogens with zero attached hydrogens (tertiary/aromatic N) is 2. The number of carbonyl (C=O) groups excluding carboxylic acids is 7. The molecule has 27 nitrogen and oxygen atoms in total. The van der Waals surface area contributed by atoms with Crippen molar-refractivity contribution in [1.29, 1.82) is 0 Å². The van der Waals surface area contributed by atoms with Crippen LogP contribution in [-0.4, -0.2) is 127 Å². The average molecular weight is 1280 g/mol. The standard InChI is InChI=1S/C62H94N13O14P/c1-29-20-39-40(21-30(29)2)75(28-70-39)57-52(84)53(41(27-76)87-57)89-90(85,86)88-31(3)26-69-49(83)18-19-59(8)37(22-46(66)80)56-62(11)61(10,25-48(68)82)36(14-17-45(65)79)51(74-62)33(5)55-60(9,24-47(67)81)34(12-15-43(63)77)38(71-55)23-42-58(6,7)35(13-16-44(64)78)50(72-42)32(4)54(59)73-56/h20-21,23,28,31,34-35,37-38,41,50,52-53,56-57,71-74,76,84H,12-19,22,24-27H2,1-11H3,(H2,63,77)(H2,64,78)(H2,65,79)(H2,66,80)(H2,67,81)(H2,68,82)(H,69,83)(H,85,86)/b42-23-,54-32-,55-33-. The number of aryl methyl sites for hydroxylation is 2. The molecule has 8 rings (SSSR count). The minimum absolute atomic E-state index is 0.0195. The molecule has 4 saturated heterocycles. The van der Waals surface area contributed by atoms with Crippen LogP contribution in [-0.2, 0) is 51.9 Å². The molecule has 0 aliphatic carbocycles. The molecule has 496 valence electrons. The SMILES string of the molecule is C/C1=C2/NC(/C=C3\NC(/C(C)=C4\NC(C(CC(N)=O)C4(C)CCC(=O)NCC(C)OP(=O)(O)OC4C(CO)OC(n5cnc6cc(C)c(C)cc65)C4O)C4(C)NC1=C(CCC(N)=O)C4(C)CC(N)=O)C(CCC(N)=O)C3(C)C)C(CCC(N)=O)C2(C)CC(N)=O. The maximum absolute atomic E-state index is 14.4. The Morgan fingerprint density at radius 1 is 0.789 bits per heavy atom. The number of phosphoric ester groups is 1. The first-order chi connectivity index (χ1) is 41.8. The molecule has 6 aliphatic rings. The molecule has 90 heavy (non-hydrogen) atoms. The Hall–Kier alpha value is -6.87. The highest BCUT2D eigenvalue weighted by molar-refractivity contribution is 7.47. The molecule has 7 heterocycles. The van der Waals surface area contributed by atoms with Gasteiger partial charge >= 0.3 is 7.82 Å². The van der Waals surface area contributed by atoms with Gasteiger partial charge in [-0.15, -0.1) is 0 Å². The number of primary amides is 6. The Morgan fingerprint density at radius 2 is 1.41 bits per heavy atom. The maximum Gasteiger partial charge on any atom is 0.472 e. The van der Waals surface area contributed by atoms with Gasteiger partial charge in [0.05, 0.1) is 47.7 Å². The Morgan fingerprint density at radius 3 is 2.01 bits per heavy atom. The van der Waals surface area contributed by atoms with Gasteiger partial charge in [0, 0.05) is 108 Å². The summed E-state index contributed by atoms with van der Waals surface area (Å²) in [6.45, 7) is 19.9. The van der Waals surface area contributed by atoms with Crippen molar-refractivity contribution < 1.29 is 67.0 Å². The summed E-state index contributed by atoms with van der Waals surface area (Å²) in [4.78, 5) is 109. The van der Waals surface area contributed by atoms with Crippen molar-refractivity contribution in [2.24, 2.45) is 73.8 Å². The van der Waals surface area contributed by atoms with Crippen LogP contribution in [0.5, 0.6) is 0 Å². The number of ether oxygens (including phenoxy) is 1.